The van der Waals surface area contributed by atoms with Crippen LogP contribution in [0.3, 0.4) is 0 Å². The minimum atomic E-state index is -0.491. The number of pyridine rings is 1. The Balaban J connectivity index is 2.22. The van der Waals surface area contributed by atoms with E-state index >= 15 is 0 Å². The second kappa shape index (κ2) is 3.96. The lowest BCUT2D eigenvalue weighted by atomic mass is 10.3. The third-order valence-electron chi connectivity index (χ3n) is 1.82. The van der Waals surface area contributed by atoms with Crippen LogP contribution >= 0.6 is 0 Å². The van der Waals surface area contributed by atoms with Crippen LogP contribution in [0, 0.1) is 5.82 Å². The van der Waals surface area contributed by atoms with E-state index < -0.39 is 5.82 Å². The fourth-order valence-corrected chi connectivity index (χ4v) is 1.09. The second-order valence-corrected chi connectivity index (χ2v) is 2.96. The molecule has 1 aromatic carbocycles. The molecule has 0 bridgehead atoms. The summed E-state index contributed by atoms with van der Waals surface area (Å²) in [6.45, 7) is 0. The molecule has 0 aliphatic rings. The van der Waals surface area contributed by atoms with Crippen LogP contribution in [0.15, 0.2) is 42.6 Å². The van der Waals surface area contributed by atoms with Gasteiger partial charge in [0.15, 0.2) is 5.82 Å². The van der Waals surface area contributed by atoms with Gasteiger partial charge in [0.05, 0.1) is 0 Å². The zero-order valence-corrected chi connectivity index (χ0v) is 7.85. The molecule has 0 saturated heterocycles. The summed E-state index contributed by atoms with van der Waals surface area (Å²) in [6.07, 6.45) is 1.47. The molecule has 0 fully saturated rings. The number of hydrogen-bond donors (Lipinski definition) is 1. The molecule has 0 saturated carbocycles. The molecular weight excluding hydrogens is 195 g/mol. The monoisotopic (exact) mass is 204 g/mol. The first-order chi connectivity index (χ1) is 7.25. The van der Waals surface area contributed by atoms with Crippen molar-refractivity contribution < 1.29 is 9.13 Å². The first kappa shape index (κ1) is 9.45. The van der Waals surface area contributed by atoms with E-state index in [1.54, 1.807) is 24.3 Å². The highest BCUT2D eigenvalue weighted by atomic mass is 19.1. The first-order valence-electron chi connectivity index (χ1n) is 4.39. The summed E-state index contributed by atoms with van der Waals surface area (Å²) in [5.74, 6) is -0.0293. The summed E-state index contributed by atoms with van der Waals surface area (Å²) in [7, 11) is 0. The van der Waals surface area contributed by atoms with Gasteiger partial charge in [-0.2, -0.15) is 0 Å². The van der Waals surface area contributed by atoms with Crippen LogP contribution in [0.2, 0.25) is 0 Å². The van der Waals surface area contributed by atoms with Crippen molar-refractivity contribution in [1.82, 2.24) is 4.98 Å². The molecule has 0 atom stereocenters. The van der Waals surface area contributed by atoms with Crippen LogP contribution in [0.5, 0.6) is 11.6 Å². The van der Waals surface area contributed by atoms with E-state index in [0.717, 1.165) is 0 Å². The summed E-state index contributed by atoms with van der Waals surface area (Å²) >= 11 is 0. The van der Waals surface area contributed by atoms with E-state index in [4.69, 9.17) is 10.5 Å². The number of anilines is 1. The molecule has 1 aromatic heterocycles. The van der Waals surface area contributed by atoms with Gasteiger partial charge in [-0.1, -0.05) is 0 Å². The number of aromatic nitrogens is 1. The van der Waals surface area contributed by atoms with Gasteiger partial charge in [0.2, 0.25) is 0 Å². The Kier molecular flexibility index (Phi) is 2.49. The van der Waals surface area contributed by atoms with Gasteiger partial charge in [0, 0.05) is 11.9 Å². The predicted molar refractivity (Wildman–Crippen MR) is 55.1 cm³/mol. The fourth-order valence-electron chi connectivity index (χ4n) is 1.09. The summed E-state index contributed by atoms with van der Waals surface area (Å²) in [5, 5.41) is 0. The number of ether oxygens (including phenoxy) is 1. The van der Waals surface area contributed by atoms with Crippen molar-refractivity contribution in [1.29, 1.82) is 0 Å². The van der Waals surface area contributed by atoms with Crippen LogP contribution in [-0.4, -0.2) is 4.98 Å². The van der Waals surface area contributed by atoms with Crippen LogP contribution in [0.25, 0.3) is 0 Å². The van der Waals surface area contributed by atoms with E-state index in [2.05, 4.69) is 4.98 Å². The van der Waals surface area contributed by atoms with Crippen molar-refractivity contribution in [2.45, 2.75) is 0 Å². The van der Waals surface area contributed by atoms with Crippen LogP contribution in [-0.2, 0) is 0 Å². The zero-order valence-electron chi connectivity index (χ0n) is 7.85. The Morgan fingerprint density at radius 3 is 2.53 bits per heavy atom. The standard InChI is InChI=1S/C11H9FN2O/c12-10-2-1-7-14-11(10)15-9-5-3-8(13)4-6-9/h1-7H,13H2. The molecule has 2 N–H and O–H groups in total. The largest absolute Gasteiger partial charge is 0.436 e. The smallest absolute Gasteiger partial charge is 0.255 e. The topological polar surface area (TPSA) is 48.1 Å². The lowest BCUT2D eigenvalue weighted by molar-refractivity contribution is 0.423. The van der Waals surface area contributed by atoms with E-state index in [1.807, 2.05) is 0 Å². The fraction of sp³-hybridized carbons (Fsp3) is 0. The molecule has 3 nitrogen and oxygen atoms in total. The first-order valence-corrected chi connectivity index (χ1v) is 4.39. The zero-order chi connectivity index (χ0) is 10.7. The molecular formula is C11H9FN2O. The molecule has 2 rings (SSSR count). The van der Waals surface area contributed by atoms with Crippen molar-refractivity contribution in [2.24, 2.45) is 0 Å². The molecule has 76 valence electrons. The number of halogens is 1. The molecule has 0 aliphatic heterocycles. The maximum atomic E-state index is 13.1. The SMILES string of the molecule is Nc1ccc(Oc2ncccc2F)cc1. The number of hydrogen-bond acceptors (Lipinski definition) is 3. The number of benzene rings is 1. The van der Waals surface area contributed by atoms with Gasteiger partial charge in [-0.25, -0.2) is 9.37 Å². The maximum Gasteiger partial charge on any atom is 0.255 e. The van der Waals surface area contributed by atoms with Gasteiger partial charge < -0.3 is 10.5 Å². The number of rotatable bonds is 2. The molecule has 15 heavy (non-hydrogen) atoms. The van der Waals surface area contributed by atoms with Crippen molar-refractivity contribution >= 4 is 5.69 Å². The Labute approximate surface area is 86.3 Å². The highest BCUT2D eigenvalue weighted by Crippen LogP contribution is 2.22. The van der Waals surface area contributed by atoms with Crippen molar-refractivity contribution in [2.75, 3.05) is 5.73 Å². The summed E-state index contributed by atoms with van der Waals surface area (Å²) in [6, 6.07) is 9.46. The molecule has 4 heteroatoms. The van der Waals surface area contributed by atoms with Gasteiger partial charge in [-0.05, 0) is 36.4 Å². The van der Waals surface area contributed by atoms with Gasteiger partial charge in [-0.3, -0.25) is 0 Å². The third kappa shape index (κ3) is 2.22. The summed E-state index contributed by atoms with van der Waals surface area (Å²) in [4.78, 5) is 3.77. The highest BCUT2D eigenvalue weighted by Gasteiger charge is 2.04. The predicted octanol–water partition coefficient (Wildman–Crippen LogP) is 2.60. The van der Waals surface area contributed by atoms with E-state index in [0.29, 0.717) is 11.4 Å². The molecule has 0 amide bonds. The van der Waals surface area contributed by atoms with Crippen LogP contribution in [0.1, 0.15) is 0 Å². The Hall–Kier alpha value is -2.10. The van der Waals surface area contributed by atoms with Gasteiger partial charge >= 0.3 is 0 Å². The number of nitrogens with two attached hydrogens (primary N) is 1. The summed E-state index contributed by atoms with van der Waals surface area (Å²) in [5.41, 5.74) is 6.13. The van der Waals surface area contributed by atoms with Crippen molar-refractivity contribution in [3.63, 3.8) is 0 Å². The Morgan fingerprint density at radius 2 is 1.87 bits per heavy atom. The second-order valence-electron chi connectivity index (χ2n) is 2.96. The number of nitrogen functional groups attached to an aromatic ring is 1. The van der Waals surface area contributed by atoms with Crippen LogP contribution < -0.4 is 10.5 Å². The van der Waals surface area contributed by atoms with Crippen LogP contribution in [0.4, 0.5) is 10.1 Å². The Morgan fingerprint density at radius 1 is 1.13 bits per heavy atom. The average Bonchev–Trinajstić information content (AvgIpc) is 2.25. The summed E-state index contributed by atoms with van der Waals surface area (Å²) < 4.78 is 18.4. The van der Waals surface area contributed by atoms with Gasteiger partial charge in [0.25, 0.3) is 5.88 Å². The van der Waals surface area contributed by atoms with E-state index in [1.165, 1.54) is 18.3 Å². The van der Waals surface area contributed by atoms with E-state index in [-0.39, 0.29) is 5.88 Å². The van der Waals surface area contributed by atoms with Gasteiger partial charge in [-0.15, -0.1) is 0 Å². The molecule has 0 unspecified atom stereocenters. The van der Waals surface area contributed by atoms with Crippen molar-refractivity contribution in [3.8, 4) is 11.6 Å². The molecule has 0 aliphatic carbocycles. The number of nitrogens with zero attached hydrogens (tertiary/aromatic N) is 1. The van der Waals surface area contributed by atoms with Crippen molar-refractivity contribution in [3.05, 3.63) is 48.4 Å². The Bertz CT molecular complexity index is 456. The minimum absolute atomic E-state index is 0.0396. The normalized spacial score (nSPS) is 9.93. The molecule has 2 aromatic rings. The lowest BCUT2D eigenvalue weighted by Gasteiger charge is -2.04. The maximum absolute atomic E-state index is 13.1. The average molecular weight is 204 g/mol. The van der Waals surface area contributed by atoms with E-state index in [9.17, 15) is 4.39 Å². The minimum Gasteiger partial charge on any atom is -0.436 e. The van der Waals surface area contributed by atoms with Gasteiger partial charge in [0.1, 0.15) is 5.75 Å². The molecule has 0 radical (unpaired) electrons. The molecule has 0 spiro atoms. The molecule has 1 heterocycles. The third-order valence-corrected chi connectivity index (χ3v) is 1.82. The quantitative estimate of drug-likeness (QED) is 0.765. The highest BCUT2D eigenvalue weighted by molar-refractivity contribution is 5.42. The lowest BCUT2D eigenvalue weighted by Crippen LogP contribution is -1.91.